The summed E-state index contributed by atoms with van der Waals surface area (Å²) < 4.78 is 11.3. The second-order valence-corrected chi connectivity index (χ2v) is 6.66. The van der Waals surface area contributed by atoms with E-state index in [1.165, 1.54) is 0 Å². The molecule has 7 nitrogen and oxygen atoms in total. The number of carboxylic acid groups (broad SMARTS) is 1. The van der Waals surface area contributed by atoms with E-state index in [0.717, 1.165) is 22.8 Å². The largest absolute Gasteiger partial charge is 0.495 e. The highest BCUT2D eigenvalue weighted by molar-refractivity contribution is 6.07. The van der Waals surface area contributed by atoms with Crippen molar-refractivity contribution in [3.63, 3.8) is 0 Å². The van der Waals surface area contributed by atoms with Crippen LogP contribution in [0.3, 0.4) is 0 Å². The van der Waals surface area contributed by atoms with Crippen molar-refractivity contribution in [3.05, 3.63) is 36.4 Å². The van der Waals surface area contributed by atoms with Gasteiger partial charge in [-0.3, -0.25) is 14.5 Å². The molecule has 2 aromatic carbocycles. The molecule has 1 aliphatic heterocycles. The predicted octanol–water partition coefficient (Wildman–Crippen LogP) is 3.08. The van der Waals surface area contributed by atoms with E-state index in [2.05, 4.69) is 5.32 Å². The number of ether oxygens (including phenoxy) is 1. The van der Waals surface area contributed by atoms with Crippen LogP contribution in [0.25, 0.3) is 21.9 Å². The molecule has 1 saturated heterocycles. The first-order valence-electron chi connectivity index (χ1n) is 8.83. The third-order valence-corrected chi connectivity index (χ3v) is 4.97. The minimum Gasteiger partial charge on any atom is -0.495 e. The molecule has 1 fully saturated rings. The first kappa shape index (κ1) is 17.4. The number of hydrogen-bond donors (Lipinski definition) is 2. The van der Waals surface area contributed by atoms with Gasteiger partial charge in [-0.15, -0.1) is 0 Å². The van der Waals surface area contributed by atoms with Gasteiger partial charge in [-0.05, 0) is 31.5 Å². The van der Waals surface area contributed by atoms with Gasteiger partial charge in [-0.1, -0.05) is 18.2 Å². The third-order valence-electron chi connectivity index (χ3n) is 4.97. The van der Waals surface area contributed by atoms with Gasteiger partial charge in [0.25, 0.3) is 0 Å². The minimum absolute atomic E-state index is 0.0261. The number of nitrogens with one attached hydrogen (secondary N) is 1. The molecule has 3 aromatic rings. The Hall–Kier alpha value is -3.06. The number of rotatable bonds is 5. The van der Waals surface area contributed by atoms with E-state index in [1.54, 1.807) is 18.1 Å². The molecule has 1 aromatic heterocycles. The van der Waals surface area contributed by atoms with Crippen LogP contribution in [0.2, 0.25) is 0 Å². The van der Waals surface area contributed by atoms with E-state index >= 15 is 0 Å². The Kier molecular flexibility index (Phi) is 4.45. The van der Waals surface area contributed by atoms with Gasteiger partial charge < -0.3 is 19.6 Å². The SMILES string of the molecule is COc1cc2c(cc1NC(=O)CN1CCC[C@H]1C(=O)O)oc1ccccc12. The number of benzene rings is 2. The molecule has 0 unspecified atom stereocenters. The van der Waals surface area contributed by atoms with Crippen molar-refractivity contribution >= 4 is 39.5 Å². The third kappa shape index (κ3) is 3.21. The summed E-state index contributed by atoms with van der Waals surface area (Å²) in [7, 11) is 1.54. The Morgan fingerprint density at radius 2 is 2.07 bits per heavy atom. The number of aliphatic carboxylic acids is 1. The molecule has 0 saturated carbocycles. The number of amides is 1. The van der Waals surface area contributed by atoms with Crippen molar-refractivity contribution in [3.8, 4) is 5.75 Å². The number of nitrogens with zero attached hydrogens (tertiary/aromatic N) is 1. The van der Waals surface area contributed by atoms with Crippen LogP contribution in [0.4, 0.5) is 5.69 Å². The van der Waals surface area contributed by atoms with Gasteiger partial charge in [0.05, 0.1) is 19.3 Å². The standard InChI is InChI=1S/C20H20N2O5/c1-26-18-9-13-12-5-2-3-7-16(12)27-17(13)10-14(18)21-19(23)11-22-8-4-6-15(22)20(24)25/h2-3,5,7,9-10,15H,4,6,8,11H2,1H3,(H,21,23)(H,24,25)/t15-/m0/s1. The van der Waals surface area contributed by atoms with Crippen molar-refractivity contribution in [2.75, 3.05) is 25.5 Å². The molecule has 140 valence electrons. The fourth-order valence-corrected chi connectivity index (χ4v) is 3.69. The molecular formula is C20H20N2O5. The van der Waals surface area contributed by atoms with Gasteiger partial charge in [0, 0.05) is 16.8 Å². The zero-order valence-corrected chi connectivity index (χ0v) is 14.9. The average Bonchev–Trinajstić information content (AvgIpc) is 3.24. The maximum atomic E-state index is 12.5. The van der Waals surface area contributed by atoms with Crippen LogP contribution < -0.4 is 10.1 Å². The maximum Gasteiger partial charge on any atom is 0.320 e. The number of fused-ring (bicyclic) bond motifs is 3. The number of likely N-dealkylation sites (tertiary alicyclic amines) is 1. The van der Waals surface area contributed by atoms with E-state index in [-0.39, 0.29) is 12.5 Å². The smallest absolute Gasteiger partial charge is 0.320 e. The Morgan fingerprint density at radius 1 is 1.26 bits per heavy atom. The molecule has 2 heterocycles. The highest BCUT2D eigenvalue weighted by Gasteiger charge is 2.31. The predicted molar refractivity (Wildman–Crippen MR) is 101 cm³/mol. The highest BCUT2D eigenvalue weighted by Crippen LogP contribution is 2.36. The lowest BCUT2D eigenvalue weighted by Gasteiger charge is -2.20. The van der Waals surface area contributed by atoms with Crippen molar-refractivity contribution in [1.82, 2.24) is 4.90 Å². The van der Waals surface area contributed by atoms with Crippen LogP contribution >= 0.6 is 0 Å². The van der Waals surface area contributed by atoms with E-state index in [0.29, 0.717) is 30.0 Å². The molecule has 27 heavy (non-hydrogen) atoms. The Balaban J connectivity index is 1.60. The van der Waals surface area contributed by atoms with Gasteiger partial charge >= 0.3 is 5.97 Å². The zero-order chi connectivity index (χ0) is 19.0. The molecule has 0 radical (unpaired) electrons. The van der Waals surface area contributed by atoms with Gasteiger partial charge in [0.15, 0.2) is 0 Å². The van der Waals surface area contributed by atoms with Gasteiger partial charge in [-0.2, -0.15) is 0 Å². The molecule has 7 heteroatoms. The summed E-state index contributed by atoms with van der Waals surface area (Å²) in [5, 5.41) is 14.0. The molecule has 1 aliphatic rings. The molecule has 1 atom stereocenters. The van der Waals surface area contributed by atoms with Crippen LogP contribution in [0, 0.1) is 0 Å². The maximum absolute atomic E-state index is 12.5. The fourth-order valence-electron chi connectivity index (χ4n) is 3.69. The molecule has 0 spiro atoms. The first-order valence-corrected chi connectivity index (χ1v) is 8.83. The van der Waals surface area contributed by atoms with Gasteiger partial charge in [0.1, 0.15) is 23.0 Å². The first-order chi connectivity index (χ1) is 13.1. The molecule has 1 amide bonds. The van der Waals surface area contributed by atoms with Crippen molar-refractivity contribution in [1.29, 1.82) is 0 Å². The van der Waals surface area contributed by atoms with Gasteiger partial charge in [-0.25, -0.2) is 0 Å². The van der Waals surface area contributed by atoms with Crippen LogP contribution in [-0.4, -0.2) is 48.1 Å². The quantitative estimate of drug-likeness (QED) is 0.719. The highest BCUT2D eigenvalue weighted by atomic mass is 16.5. The second kappa shape index (κ2) is 6.92. The number of carboxylic acids is 1. The number of para-hydroxylation sites is 1. The summed E-state index contributed by atoms with van der Waals surface area (Å²) >= 11 is 0. The normalized spacial score (nSPS) is 17.4. The van der Waals surface area contributed by atoms with Crippen LogP contribution in [0.5, 0.6) is 5.75 Å². The zero-order valence-electron chi connectivity index (χ0n) is 14.9. The van der Waals surface area contributed by atoms with Crippen LogP contribution in [-0.2, 0) is 9.59 Å². The number of carbonyl (C=O) groups excluding carboxylic acids is 1. The van der Waals surface area contributed by atoms with E-state index in [9.17, 15) is 14.7 Å². The summed E-state index contributed by atoms with van der Waals surface area (Å²) in [6.07, 6.45) is 1.34. The molecular weight excluding hydrogens is 348 g/mol. The van der Waals surface area contributed by atoms with E-state index in [1.807, 2.05) is 30.3 Å². The molecule has 0 aliphatic carbocycles. The fraction of sp³-hybridized carbons (Fsp3) is 0.300. The molecule has 0 bridgehead atoms. The van der Waals surface area contributed by atoms with Gasteiger partial charge in [0.2, 0.25) is 5.91 Å². The lowest BCUT2D eigenvalue weighted by Crippen LogP contribution is -2.40. The Bertz CT molecular complexity index is 1030. The summed E-state index contributed by atoms with van der Waals surface area (Å²) in [5.74, 6) is -0.642. The second-order valence-electron chi connectivity index (χ2n) is 6.66. The number of anilines is 1. The van der Waals surface area contributed by atoms with Crippen molar-refractivity contribution < 1.29 is 23.8 Å². The summed E-state index contributed by atoms with van der Waals surface area (Å²) in [4.78, 5) is 25.4. The number of furan rings is 1. The van der Waals surface area contributed by atoms with E-state index < -0.39 is 12.0 Å². The van der Waals surface area contributed by atoms with Crippen LogP contribution in [0.1, 0.15) is 12.8 Å². The number of methoxy groups -OCH3 is 1. The topological polar surface area (TPSA) is 92.0 Å². The average molecular weight is 368 g/mol. The summed E-state index contributed by atoms with van der Waals surface area (Å²) in [6.45, 7) is 0.627. The van der Waals surface area contributed by atoms with Crippen molar-refractivity contribution in [2.24, 2.45) is 0 Å². The molecule has 4 rings (SSSR count). The minimum atomic E-state index is -0.887. The van der Waals surface area contributed by atoms with E-state index in [4.69, 9.17) is 9.15 Å². The Morgan fingerprint density at radius 3 is 2.85 bits per heavy atom. The number of hydrogen-bond acceptors (Lipinski definition) is 5. The summed E-state index contributed by atoms with van der Waals surface area (Å²) in [6, 6.07) is 10.7. The van der Waals surface area contributed by atoms with Crippen molar-refractivity contribution in [2.45, 2.75) is 18.9 Å². The monoisotopic (exact) mass is 368 g/mol. The lowest BCUT2D eigenvalue weighted by atomic mass is 10.1. The lowest BCUT2D eigenvalue weighted by molar-refractivity contribution is -0.142. The molecule has 2 N–H and O–H groups in total. The van der Waals surface area contributed by atoms with Crippen LogP contribution in [0.15, 0.2) is 40.8 Å². The summed E-state index contributed by atoms with van der Waals surface area (Å²) in [5.41, 5.74) is 1.91. The Labute approximate surface area is 155 Å². The number of carbonyl (C=O) groups is 2.